The van der Waals surface area contributed by atoms with Crippen LogP contribution in [0, 0.1) is 0 Å². The molecule has 0 aliphatic carbocycles. The van der Waals surface area contributed by atoms with Crippen molar-refractivity contribution < 1.29 is 4.42 Å². The summed E-state index contributed by atoms with van der Waals surface area (Å²) >= 11 is 1.91. The normalized spacial score (nSPS) is 13.8. The van der Waals surface area contributed by atoms with Crippen LogP contribution >= 0.6 is 11.3 Å². The summed E-state index contributed by atoms with van der Waals surface area (Å²) in [6.45, 7) is 27.6. The van der Waals surface area contributed by atoms with Crippen LogP contribution in [-0.2, 0) is 21.7 Å². The summed E-state index contributed by atoms with van der Waals surface area (Å²) in [6.07, 6.45) is 0. The molecular weight excluding hydrogens is 894 g/mol. The molecule has 0 saturated carbocycles. The molecule has 8 aromatic carbocycles. The molecular formula is C66H62BN3OS. The van der Waals surface area contributed by atoms with Gasteiger partial charge in [0, 0.05) is 60.1 Å². The van der Waals surface area contributed by atoms with Gasteiger partial charge in [0.25, 0.3) is 6.71 Å². The molecule has 5 heterocycles. The average Bonchev–Trinajstić information content (AvgIpc) is 4.01. The first-order valence-corrected chi connectivity index (χ1v) is 26.6. The Balaban J connectivity index is 1.18. The maximum atomic E-state index is 7.22. The van der Waals surface area contributed by atoms with Crippen molar-refractivity contribution in [2.75, 3.05) is 9.80 Å². The van der Waals surface area contributed by atoms with E-state index >= 15 is 0 Å². The third-order valence-corrected chi connectivity index (χ3v) is 17.0. The maximum absolute atomic E-state index is 7.22. The Bertz CT molecular complexity index is 3970. The Morgan fingerprint density at radius 3 is 1.68 bits per heavy atom. The fourth-order valence-electron chi connectivity index (χ4n) is 11.8. The standard InChI is InChI=1S/C66H62BN3OS/c1-63(2,3)39-23-29-43(30-24-39)68(44-31-25-40(26-32-44)64(4,5)6)45-37-54-59-55(38-45)70-60-49(58-48-17-13-14-22-57(48)72-62(58)70)19-15-20-51(60)67(59)50-34-28-41(65(7,8)9)35-53(50)69(54)52-21-16-18-47-46-33-27-42(66(10,11)12)36-56(46)71-61(47)52/h13-38H,1-12H3. The van der Waals surface area contributed by atoms with E-state index in [0.717, 1.165) is 50.4 Å². The van der Waals surface area contributed by atoms with E-state index in [1.54, 1.807) is 0 Å². The molecule has 13 rings (SSSR count). The van der Waals surface area contributed by atoms with Crippen LogP contribution in [0.15, 0.2) is 162 Å². The number of fused-ring (bicyclic) bond motifs is 12. The van der Waals surface area contributed by atoms with Crippen LogP contribution in [0.5, 0.6) is 0 Å². The first kappa shape index (κ1) is 44.9. The Morgan fingerprint density at radius 1 is 0.444 bits per heavy atom. The van der Waals surface area contributed by atoms with Crippen LogP contribution in [0.25, 0.3) is 58.8 Å². The van der Waals surface area contributed by atoms with E-state index in [2.05, 4.69) is 255 Å². The molecule has 11 aromatic rings. The van der Waals surface area contributed by atoms with Crippen molar-refractivity contribution in [3.63, 3.8) is 0 Å². The van der Waals surface area contributed by atoms with Gasteiger partial charge in [0.05, 0.1) is 16.9 Å². The molecule has 72 heavy (non-hydrogen) atoms. The van der Waals surface area contributed by atoms with Gasteiger partial charge in [-0.1, -0.05) is 180 Å². The zero-order valence-electron chi connectivity index (χ0n) is 43.7. The first-order valence-electron chi connectivity index (χ1n) is 25.8. The number of hydrogen-bond acceptors (Lipinski definition) is 4. The van der Waals surface area contributed by atoms with Crippen LogP contribution < -0.4 is 26.2 Å². The van der Waals surface area contributed by atoms with Gasteiger partial charge < -0.3 is 18.8 Å². The molecule has 356 valence electrons. The fourth-order valence-corrected chi connectivity index (χ4v) is 13.1. The monoisotopic (exact) mass is 955 g/mol. The van der Waals surface area contributed by atoms with Gasteiger partial charge in [-0.2, -0.15) is 0 Å². The number of rotatable bonds is 4. The van der Waals surface area contributed by atoms with E-state index in [0.29, 0.717) is 0 Å². The Morgan fingerprint density at radius 2 is 1.01 bits per heavy atom. The lowest BCUT2D eigenvalue weighted by atomic mass is 9.33. The largest absolute Gasteiger partial charge is 0.454 e. The highest BCUT2D eigenvalue weighted by molar-refractivity contribution is 7.26. The highest BCUT2D eigenvalue weighted by Crippen LogP contribution is 2.50. The maximum Gasteiger partial charge on any atom is 0.252 e. The minimum absolute atomic E-state index is 0.0112. The molecule has 0 bridgehead atoms. The van der Waals surface area contributed by atoms with E-state index in [-0.39, 0.29) is 28.4 Å². The Kier molecular flexibility index (Phi) is 9.51. The molecule has 0 fully saturated rings. The summed E-state index contributed by atoms with van der Waals surface area (Å²) in [7, 11) is 0. The third kappa shape index (κ3) is 6.70. The fraction of sp³-hybridized carbons (Fsp3) is 0.242. The van der Waals surface area contributed by atoms with Crippen LogP contribution in [0.3, 0.4) is 0 Å². The molecule has 2 aliphatic rings. The lowest BCUT2D eigenvalue weighted by Crippen LogP contribution is -2.60. The number of aromatic nitrogens is 1. The van der Waals surface area contributed by atoms with Crippen LogP contribution in [-0.4, -0.2) is 11.3 Å². The van der Waals surface area contributed by atoms with Crippen molar-refractivity contribution in [1.29, 1.82) is 0 Å². The van der Waals surface area contributed by atoms with E-state index in [4.69, 9.17) is 4.42 Å². The van der Waals surface area contributed by atoms with Crippen molar-refractivity contribution in [3.8, 4) is 5.69 Å². The first-order chi connectivity index (χ1) is 34.2. The molecule has 0 radical (unpaired) electrons. The molecule has 0 N–H and O–H groups in total. The number of thiophene rings is 1. The SMILES string of the molecule is CC(C)(C)c1ccc(N(c2ccc(C(C)(C)C)cc2)c2cc3c4c(c2)-n2c5sc6ccccc6c5c5cccc(c52)B4c2ccc(C(C)(C)C)cc2N3c2cccc3c2oc2cc(C(C)(C)C)ccc23)cc1. The molecule has 2 aliphatic heterocycles. The summed E-state index contributed by atoms with van der Waals surface area (Å²) in [4.78, 5) is 6.34. The molecule has 4 nitrogen and oxygen atoms in total. The molecule has 3 aromatic heterocycles. The summed E-state index contributed by atoms with van der Waals surface area (Å²) < 4.78 is 11.2. The van der Waals surface area contributed by atoms with E-state index in [1.165, 1.54) is 81.2 Å². The third-order valence-electron chi connectivity index (χ3n) is 15.8. The van der Waals surface area contributed by atoms with E-state index in [9.17, 15) is 0 Å². The van der Waals surface area contributed by atoms with Gasteiger partial charge in [0.15, 0.2) is 5.58 Å². The quantitative estimate of drug-likeness (QED) is 0.164. The molecule has 0 atom stereocenters. The summed E-state index contributed by atoms with van der Waals surface area (Å²) in [5.41, 5.74) is 20.0. The summed E-state index contributed by atoms with van der Waals surface area (Å²) in [5.74, 6) is 0. The van der Waals surface area contributed by atoms with Gasteiger partial charge in [-0.15, -0.1) is 11.3 Å². The number of para-hydroxylation sites is 2. The molecule has 0 spiro atoms. The van der Waals surface area contributed by atoms with Crippen molar-refractivity contribution in [2.45, 2.75) is 105 Å². The second kappa shape index (κ2) is 15.3. The minimum Gasteiger partial charge on any atom is -0.454 e. The van der Waals surface area contributed by atoms with Gasteiger partial charge in [-0.3, -0.25) is 0 Å². The number of hydrogen-bond donors (Lipinski definition) is 0. The minimum atomic E-state index is -0.0926. The zero-order chi connectivity index (χ0) is 50.0. The lowest BCUT2D eigenvalue weighted by molar-refractivity contribution is 0.587. The van der Waals surface area contributed by atoms with Gasteiger partial charge in [0.1, 0.15) is 10.4 Å². The van der Waals surface area contributed by atoms with Gasteiger partial charge in [0.2, 0.25) is 0 Å². The van der Waals surface area contributed by atoms with Crippen molar-refractivity contribution in [2.24, 2.45) is 0 Å². The second-order valence-electron chi connectivity index (χ2n) is 24.7. The number of anilines is 6. The Hall–Kier alpha value is -7.02. The van der Waals surface area contributed by atoms with Crippen LogP contribution in [0.4, 0.5) is 34.1 Å². The molecule has 0 unspecified atom stereocenters. The summed E-state index contributed by atoms with van der Waals surface area (Å²) in [5, 5.41) is 6.20. The molecule has 0 amide bonds. The topological polar surface area (TPSA) is 24.6 Å². The van der Waals surface area contributed by atoms with Crippen LogP contribution in [0.2, 0.25) is 0 Å². The van der Waals surface area contributed by atoms with Gasteiger partial charge >= 0.3 is 0 Å². The number of furan rings is 1. The van der Waals surface area contributed by atoms with Crippen LogP contribution in [0.1, 0.15) is 105 Å². The highest BCUT2D eigenvalue weighted by atomic mass is 32.1. The highest BCUT2D eigenvalue weighted by Gasteiger charge is 2.44. The van der Waals surface area contributed by atoms with E-state index in [1.807, 2.05) is 11.3 Å². The number of benzene rings is 8. The zero-order valence-corrected chi connectivity index (χ0v) is 44.6. The smallest absolute Gasteiger partial charge is 0.252 e. The van der Waals surface area contributed by atoms with Gasteiger partial charge in [-0.25, -0.2) is 0 Å². The number of nitrogens with zero attached hydrogens (tertiary/aromatic N) is 3. The Labute approximate surface area is 428 Å². The predicted molar refractivity (Wildman–Crippen MR) is 312 cm³/mol. The van der Waals surface area contributed by atoms with Gasteiger partial charge in [-0.05, 0) is 121 Å². The van der Waals surface area contributed by atoms with Crippen molar-refractivity contribution in [1.82, 2.24) is 4.57 Å². The second-order valence-corrected chi connectivity index (χ2v) is 25.7. The molecule has 0 saturated heterocycles. The van der Waals surface area contributed by atoms with Crippen molar-refractivity contribution >= 4 is 122 Å². The summed E-state index contributed by atoms with van der Waals surface area (Å²) in [6, 6.07) is 60.5. The average molecular weight is 956 g/mol. The van der Waals surface area contributed by atoms with E-state index < -0.39 is 0 Å². The predicted octanol–water partition coefficient (Wildman–Crippen LogP) is 17.2. The van der Waals surface area contributed by atoms with Crippen molar-refractivity contribution in [3.05, 3.63) is 180 Å². The molecule has 6 heteroatoms. The lowest BCUT2D eigenvalue weighted by Gasteiger charge is -2.42.